The normalized spacial score (nSPS) is 10.9. The van der Waals surface area contributed by atoms with E-state index in [9.17, 15) is 0 Å². The first kappa shape index (κ1) is 9.90. The number of benzene rings is 1. The summed E-state index contributed by atoms with van der Waals surface area (Å²) in [4.78, 5) is 7.65. The van der Waals surface area contributed by atoms with Crippen molar-refractivity contribution in [2.75, 3.05) is 0 Å². The van der Waals surface area contributed by atoms with Gasteiger partial charge in [-0.1, -0.05) is 6.58 Å². The largest absolute Gasteiger partial charge is 0.466 e. The Labute approximate surface area is 98.7 Å². The van der Waals surface area contributed by atoms with Crippen LogP contribution in [0.25, 0.3) is 21.8 Å². The van der Waals surface area contributed by atoms with Gasteiger partial charge in [0.2, 0.25) is 0 Å². The van der Waals surface area contributed by atoms with Crippen LogP contribution in [0.5, 0.6) is 5.75 Å². The van der Waals surface area contributed by atoms with Gasteiger partial charge in [-0.25, -0.2) is 0 Å². The van der Waals surface area contributed by atoms with Crippen LogP contribution in [-0.4, -0.2) is 9.97 Å². The fourth-order valence-electron chi connectivity index (χ4n) is 2.11. The van der Waals surface area contributed by atoms with E-state index >= 15 is 0 Å². The smallest absolute Gasteiger partial charge is 0.128 e. The van der Waals surface area contributed by atoms with Crippen LogP contribution < -0.4 is 4.74 Å². The summed E-state index contributed by atoms with van der Waals surface area (Å²) < 4.78 is 5.27. The molecule has 0 fully saturated rings. The van der Waals surface area contributed by atoms with Gasteiger partial charge in [0.25, 0.3) is 0 Å². The zero-order chi connectivity index (χ0) is 11.8. The number of nitrogens with one attached hydrogen (secondary N) is 1. The Morgan fingerprint density at radius 2 is 2.18 bits per heavy atom. The minimum Gasteiger partial charge on any atom is -0.466 e. The van der Waals surface area contributed by atoms with Gasteiger partial charge in [0, 0.05) is 23.0 Å². The maximum Gasteiger partial charge on any atom is 0.128 e. The van der Waals surface area contributed by atoms with Crippen molar-refractivity contribution in [1.82, 2.24) is 9.97 Å². The summed E-state index contributed by atoms with van der Waals surface area (Å²) in [6, 6.07) is 7.98. The lowest BCUT2D eigenvalue weighted by Gasteiger charge is -1.98. The van der Waals surface area contributed by atoms with Crippen molar-refractivity contribution in [3.05, 3.63) is 49.0 Å². The Kier molecular flexibility index (Phi) is 2.11. The van der Waals surface area contributed by atoms with Crippen LogP contribution in [0.2, 0.25) is 0 Å². The van der Waals surface area contributed by atoms with E-state index in [4.69, 9.17) is 4.74 Å². The van der Waals surface area contributed by atoms with Gasteiger partial charge < -0.3 is 9.72 Å². The number of rotatable bonds is 2. The lowest BCUT2D eigenvalue weighted by molar-refractivity contribution is 0.484. The highest BCUT2D eigenvalue weighted by Crippen LogP contribution is 2.29. The molecule has 0 atom stereocenters. The highest BCUT2D eigenvalue weighted by molar-refractivity contribution is 6.08. The Bertz CT molecular complexity index is 713. The molecule has 0 amide bonds. The highest BCUT2D eigenvalue weighted by atomic mass is 16.5. The third-order valence-electron chi connectivity index (χ3n) is 2.90. The van der Waals surface area contributed by atoms with E-state index in [1.807, 2.05) is 37.4 Å². The summed E-state index contributed by atoms with van der Waals surface area (Å²) in [5.41, 5.74) is 3.14. The fraction of sp³-hybridized carbons (Fsp3) is 0.0714. The fourth-order valence-corrected chi connectivity index (χ4v) is 2.11. The predicted octanol–water partition coefficient (Wildman–Crippen LogP) is 3.55. The number of nitrogens with zero attached hydrogens (tertiary/aromatic N) is 1. The summed E-state index contributed by atoms with van der Waals surface area (Å²) in [6.07, 6.45) is 3.26. The number of hydrogen-bond donors (Lipinski definition) is 1. The van der Waals surface area contributed by atoms with Gasteiger partial charge in [0.1, 0.15) is 5.75 Å². The average molecular weight is 224 g/mol. The van der Waals surface area contributed by atoms with Crippen LogP contribution in [0.1, 0.15) is 5.69 Å². The minimum atomic E-state index is 0.782. The second-order valence-electron chi connectivity index (χ2n) is 3.94. The molecule has 0 spiro atoms. The van der Waals surface area contributed by atoms with Gasteiger partial charge >= 0.3 is 0 Å². The zero-order valence-electron chi connectivity index (χ0n) is 9.53. The average Bonchev–Trinajstić information content (AvgIpc) is 2.69. The van der Waals surface area contributed by atoms with Crippen molar-refractivity contribution >= 4 is 21.8 Å². The summed E-state index contributed by atoms with van der Waals surface area (Å²) >= 11 is 0. The molecule has 3 rings (SSSR count). The molecular weight excluding hydrogens is 212 g/mol. The second kappa shape index (κ2) is 3.63. The molecule has 0 radical (unpaired) electrons. The van der Waals surface area contributed by atoms with Gasteiger partial charge in [0.15, 0.2) is 0 Å². The standard InChI is InChI=1S/C14H12N2O/c1-3-17-10-4-5-11-12-6-7-15-9(2)14(12)16-13(11)8-10/h3-8,16H,1H2,2H3. The van der Waals surface area contributed by atoms with Gasteiger partial charge in [0.05, 0.1) is 23.0 Å². The van der Waals surface area contributed by atoms with Crippen molar-refractivity contribution in [1.29, 1.82) is 0 Å². The molecule has 0 aliphatic heterocycles. The SMILES string of the molecule is C=COc1ccc2c(c1)[nH]c1c(C)nccc12. The molecule has 2 heterocycles. The molecule has 1 N–H and O–H groups in total. The molecule has 0 aliphatic rings. The Balaban J connectivity index is 2.35. The molecule has 84 valence electrons. The number of pyridine rings is 1. The van der Waals surface area contributed by atoms with Crippen molar-refractivity contribution in [3.63, 3.8) is 0 Å². The monoisotopic (exact) mass is 224 g/mol. The van der Waals surface area contributed by atoms with Crippen molar-refractivity contribution in [2.45, 2.75) is 6.92 Å². The summed E-state index contributed by atoms with van der Waals surface area (Å²) in [6.45, 7) is 5.55. The van der Waals surface area contributed by atoms with E-state index in [0.717, 1.165) is 22.5 Å². The second-order valence-corrected chi connectivity index (χ2v) is 3.94. The van der Waals surface area contributed by atoms with Gasteiger partial charge in [-0.3, -0.25) is 4.98 Å². The highest BCUT2D eigenvalue weighted by Gasteiger charge is 2.07. The number of ether oxygens (including phenoxy) is 1. The van der Waals surface area contributed by atoms with Gasteiger partial charge in [-0.05, 0) is 25.1 Å². The summed E-state index contributed by atoms with van der Waals surface area (Å²) in [7, 11) is 0. The molecule has 0 bridgehead atoms. The van der Waals surface area contributed by atoms with E-state index < -0.39 is 0 Å². The van der Waals surface area contributed by atoms with E-state index in [-0.39, 0.29) is 0 Å². The molecule has 0 saturated heterocycles. The first-order valence-corrected chi connectivity index (χ1v) is 5.44. The van der Waals surface area contributed by atoms with E-state index in [1.54, 1.807) is 0 Å². The van der Waals surface area contributed by atoms with Gasteiger partial charge in [-0.2, -0.15) is 0 Å². The molecule has 17 heavy (non-hydrogen) atoms. The number of fused-ring (bicyclic) bond motifs is 3. The van der Waals surface area contributed by atoms with Crippen molar-refractivity contribution < 1.29 is 4.74 Å². The Hall–Kier alpha value is -2.29. The summed E-state index contributed by atoms with van der Waals surface area (Å²) in [5, 5.41) is 2.37. The van der Waals surface area contributed by atoms with Crippen LogP contribution in [0, 0.1) is 6.92 Å². The Morgan fingerprint density at radius 3 is 3.00 bits per heavy atom. The molecule has 3 heteroatoms. The van der Waals surface area contributed by atoms with E-state index in [1.165, 1.54) is 17.0 Å². The lowest BCUT2D eigenvalue weighted by Crippen LogP contribution is -1.80. The number of H-pyrrole nitrogens is 1. The molecule has 1 aromatic carbocycles. The van der Waals surface area contributed by atoms with Crippen LogP contribution in [0.15, 0.2) is 43.3 Å². The van der Waals surface area contributed by atoms with Crippen LogP contribution >= 0.6 is 0 Å². The van der Waals surface area contributed by atoms with Crippen LogP contribution in [-0.2, 0) is 0 Å². The Morgan fingerprint density at radius 1 is 1.29 bits per heavy atom. The number of hydrogen-bond acceptors (Lipinski definition) is 2. The minimum absolute atomic E-state index is 0.782. The maximum atomic E-state index is 5.27. The molecular formula is C14H12N2O. The third kappa shape index (κ3) is 1.47. The molecule has 0 aliphatic carbocycles. The first-order chi connectivity index (χ1) is 8.29. The van der Waals surface area contributed by atoms with Crippen molar-refractivity contribution in [3.8, 4) is 5.75 Å². The first-order valence-electron chi connectivity index (χ1n) is 5.44. The number of aromatic nitrogens is 2. The molecule has 0 unspecified atom stereocenters. The molecule has 0 saturated carbocycles. The molecule has 3 aromatic rings. The lowest BCUT2D eigenvalue weighted by atomic mass is 10.1. The zero-order valence-corrected chi connectivity index (χ0v) is 9.53. The molecule has 3 nitrogen and oxygen atoms in total. The number of aryl methyl sites for hydroxylation is 1. The third-order valence-corrected chi connectivity index (χ3v) is 2.90. The van der Waals surface area contributed by atoms with Gasteiger partial charge in [-0.15, -0.1) is 0 Å². The quantitative estimate of drug-likeness (QED) is 0.676. The predicted molar refractivity (Wildman–Crippen MR) is 69.2 cm³/mol. The summed E-state index contributed by atoms with van der Waals surface area (Å²) in [5.74, 6) is 0.782. The van der Waals surface area contributed by atoms with Crippen LogP contribution in [0.3, 0.4) is 0 Å². The van der Waals surface area contributed by atoms with E-state index in [2.05, 4.69) is 16.5 Å². The number of aromatic amines is 1. The van der Waals surface area contributed by atoms with Crippen molar-refractivity contribution in [2.24, 2.45) is 0 Å². The molecule has 2 aromatic heterocycles. The van der Waals surface area contributed by atoms with Crippen LogP contribution in [0.4, 0.5) is 0 Å². The van der Waals surface area contributed by atoms with E-state index in [0.29, 0.717) is 0 Å². The maximum absolute atomic E-state index is 5.27. The topological polar surface area (TPSA) is 37.9 Å².